The van der Waals surface area contributed by atoms with Crippen LogP contribution in [-0.4, -0.2) is 129 Å². The van der Waals surface area contributed by atoms with Crippen LogP contribution in [0.4, 0.5) is 0 Å². The summed E-state index contributed by atoms with van der Waals surface area (Å²) in [7, 11) is 0. The van der Waals surface area contributed by atoms with E-state index in [1.807, 2.05) is 0 Å². The molecule has 18 N–H and O–H groups in total. The molecule has 21 nitrogen and oxygen atoms in total. The Bertz CT molecular complexity index is 1840. The molecule has 7 amide bonds. The highest BCUT2D eigenvalue weighted by Crippen LogP contribution is 2.16. The van der Waals surface area contributed by atoms with Gasteiger partial charge in [-0.3, -0.25) is 33.6 Å². The summed E-state index contributed by atoms with van der Waals surface area (Å²) in [5.41, 5.74) is 28.2. The van der Waals surface area contributed by atoms with Crippen molar-refractivity contribution >= 4 is 47.3 Å². The van der Waals surface area contributed by atoms with E-state index in [0.29, 0.717) is 104 Å². The predicted molar refractivity (Wildman–Crippen MR) is 380 cm³/mol. The first-order valence-corrected chi connectivity index (χ1v) is 38.1. The average molecular weight is 1320 g/mol. The lowest BCUT2D eigenvalue weighted by atomic mass is 10.0. The van der Waals surface area contributed by atoms with E-state index < -0.39 is 30.1 Å². The first-order chi connectivity index (χ1) is 45.3. The van der Waals surface area contributed by atoms with Crippen LogP contribution < -0.4 is 65.9 Å². The summed E-state index contributed by atoms with van der Waals surface area (Å²) in [6.07, 6.45) is 47.7. The molecule has 4 atom stereocenters. The Hall–Kier alpha value is -4.44. The normalized spacial score (nSPS) is 12.6. The van der Waals surface area contributed by atoms with Crippen LogP contribution in [0.1, 0.15) is 334 Å². The van der Waals surface area contributed by atoms with Crippen LogP contribution in [-0.2, 0) is 38.4 Å². The molecule has 0 fully saturated rings. The van der Waals surface area contributed by atoms with E-state index in [-0.39, 0.29) is 41.4 Å². The zero-order chi connectivity index (χ0) is 68.3. The van der Waals surface area contributed by atoms with Gasteiger partial charge in [0, 0.05) is 45.3 Å². The Balaban J connectivity index is 4.20. The topological polar surface area (TPSA) is 371 Å². The van der Waals surface area contributed by atoms with Gasteiger partial charge in [0.15, 0.2) is 0 Å². The number of hydrogen-bond donors (Lipinski definition) is 13. The Kier molecular flexibility index (Phi) is 64.3. The van der Waals surface area contributed by atoms with Crippen molar-refractivity contribution in [2.45, 2.75) is 358 Å². The summed E-state index contributed by atoms with van der Waals surface area (Å²) in [4.78, 5) is 102. The van der Waals surface area contributed by atoms with Crippen LogP contribution in [0.2, 0.25) is 0 Å². The third-order valence-corrected chi connectivity index (χ3v) is 17.6. The number of carbonyl (C=O) groups is 8. The van der Waals surface area contributed by atoms with Gasteiger partial charge in [-0.2, -0.15) is 0 Å². The van der Waals surface area contributed by atoms with E-state index in [2.05, 4.69) is 37.2 Å². The lowest BCUT2D eigenvalue weighted by Gasteiger charge is -2.18. The van der Waals surface area contributed by atoms with Crippen LogP contribution in [0.15, 0.2) is 0 Å². The van der Waals surface area contributed by atoms with Gasteiger partial charge in [-0.05, 0) is 161 Å². The third kappa shape index (κ3) is 58.6. The van der Waals surface area contributed by atoms with E-state index in [4.69, 9.17) is 28.7 Å². The van der Waals surface area contributed by atoms with Gasteiger partial charge in [0.05, 0.1) is 0 Å². The minimum absolute atomic E-state index is 0.0434. The molecule has 0 aliphatic heterocycles. The average Bonchev–Trinajstić information content (AvgIpc) is 3.75. The Morgan fingerprint density at radius 2 is 0.398 bits per heavy atom. The molecule has 544 valence electrons. The minimum Gasteiger partial charge on any atom is -0.480 e. The molecule has 21 heteroatoms. The van der Waals surface area contributed by atoms with Gasteiger partial charge >= 0.3 is 5.97 Å². The van der Waals surface area contributed by atoms with Gasteiger partial charge in [-0.25, -0.2) is 4.79 Å². The SMILES string of the molecule is NCCCCCCCCCCCC(=O)NC(CCCCN)C(=O)NCCCCCCCCCCCC(=O)NC(CCCCN)C(=O)NCCCCCCCCCCCC(=O)NC(CCCCN)C(=O)NCCCCCCCCCCCC(=O)NC(CCCCN)C(=O)O. The number of unbranched alkanes of at least 4 members (excludes halogenated alkanes) is 36. The van der Waals surface area contributed by atoms with E-state index in [0.717, 1.165) is 251 Å². The van der Waals surface area contributed by atoms with Crippen LogP contribution in [0.25, 0.3) is 0 Å². The van der Waals surface area contributed by atoms with Crippen molar-refractivity contribution in [1.29, 1.82) is 0 Å². The van der Waals surface area contributed by atoms with Gasteiger partial charge in [0.25, 0.3) is 0 Å². The van der Waals surface area contributed by atoms with Crippen molar-refractivity contribution in [3.05, 3.63) is 0 Å². The zero-order valence-corrected chi connectivity index (χ0v) is 58.8. The number of amides is 7. The van der Waals surface area contributed by atoms with Gasteiger partial charge < -0.3 is 71.0 Å². The summed E-state index contributed by atoms with van der Waals surface area (Å²) in [6, 6.07) is -2.46. The van der Waals surface area contributed by atoms with Crippen LogP contribution in [0, 0.1) is 0 Å². The maximum absolute atomic E-state index is 13.2. The number of rotatable bonds is 71. The summed E-state index contributed by atoms with van der Waals surface area (Å²) in [5, 5.41) is 30.2. The second kappa shape index (κ2) is 67.5. The maximum Gasteiger partial charge on any atom is 0.326 e. The Labute approximate surface area is 564 Å². The van der Waals surface area contributed by atoms with Crippen molar-refractivity contribution in [2.75, 3.05) is 52.4 Å². The first-order valence-electron chi connectivity index (χ1n) is 38.1. The highest BCUT2D eigenvalue weighted by atomic mass is 16.4. The lowest BCUT2D eigenvalue weighted by Crippen LogP contribution is -2.47. The number of carbonyl (C=O) groups excluding carboxylic acids is 7. The van der Waals surface area contributed by atoms with Crippen molar-refractivity contribution in [3.63, 3.8) is 0 Å². The van der Waals surface area contributed by atoms with Gasteiger partial charge in [-0.15, -0.1) is 0 Å². The fourth-order valence-electron chi connectivity index (χ4n) is 11.7. The molecular formula is C72H142N12O9. The molecule has 4 unspecified atom stereocenters. The molecule has 93 heavy (non-hydrogen) atoms. The number of hydrogen-bond acceptors (Lipinski definition) is 13. The predicted octanol–water partition coefficient (Wildman–Crippen LogP) is 10.4. The van der Waals surface area contributed by atoms with Crippen LogP contribution in [0.5, 0.6) is 0 Å². The molecule has 0 rings (SSSR count). The molecule has 0 aliphatic rings. The number of carboxylic acid groups (broad SMARTS) is 1. The number of nitrogens with one attached hydrogen (secondary N) is 7. The number of nitrogens with two attached hydrogens (primary N) is 5. The molecule has 0 saturated heterocycles. The maximum atomic E-state index is 13.2. The Morgan fingerprint density at radius 3 is 0.613 bits per heavy atom. The summed E-state index contributed by atoms with van der Waals surface area (Å²) >= 11 is 0. The van der Waals surface area contributed by atoms with Crippen molar-refractivity contribution in [2.24, 2.45) is 28.7 Å². The summed E-state index contributed by atoms with van der Waals surface area (Å²) < 4.78 is 0. The number of aliphatic carboxylic acids is 1. The van der Waals surface area contributed by atoms with Gasteiger partial charge in [0.1, 0.15) is 24.2 Å². The fourth-order valence-corrected chi connectivity index (χ4v) is 11.7. The molecular weight excluding hydrogens is 1180 g/mol. The first kappa shape index (κ1) is 88.6. The lowest BCUT2D eigenvalue weighted by molar-refractivity contribution is -0.142. The monoisotopic (exact) mass is 1320 g/mol. The molecule has 0 heterocycles. The quantitative estimate of drug-likeness (QED) is 0.0252. The van der Waals surface area contributed by atoms with Crippen molar-refractivity contribution in [1.82, 2.24) is 37.2 Å². The van der Waals surface area contributed by atoms with E-state index >= 15 is 0 Å². The molecule has 0 aromatic carbocycles. The fraction of sp³-hybridized carbons (Fsp3) is 0.889. The summed E-state index contributed by atoms with van der Waals surface area (Å²) in [6.45, 7) is 4.72. The smallest absolute Gasteiger partial charge is 0.326 e. The van der Waals surface area contributed by atoms with Crippen LogP contribution in [0.3, 0.4) is 0 Å². The largest absolute Gasteiger partial charge is 0.480 e. The molecule has 0 saturated carbocycles. The van der Waals surface area contributed by atoms with Gasteiger partial charge in [-0.1, -0.05) is 180 Å². The molecule has 0 bridgehead atoms. The highest BCUT2D eigenvalue weighted by molar-refractivity contribution is 5.89. The summed E-state index contributed by atoms with van der Waals surface area (Å²) in [5.74, 6) is -1.76. The van der Waals surface area contributed by atoms with E-state index in [1.54, 1.807) is 0 Å². The second-order valence-electron chi connectivity index (χ2n) is 26.3. The van der Waals surface area contributed by atoms with E-state index in [1.165, 1.54) is 32.1 Å². The molecule has 0 spiro atoms. The Morgan fingerprint density at radius 1 is 0.226 bits per heavy atom. The standard InChI is InChI=1S/C72H142N12O9/c73-53-37-25-17-9-1-5-13-21-29-49-65(85)81-61(45-33-38-54-74)69(89)78-58-42-26-18-10-2-6-14-22-30-50-66(86)82-62(46-34-39-55-75)70(90)79-59-43-27-19-11-3-7-15-23-31-51-67(87)83-63(47-35-40-56-76)71(91)80-60-44-28-20-12-4-8-16-24-32-52-68(88)84-64(72(92)93)48-36-41-57-77/h61-64H,1-60,73-77H2,(H,78,89)(H,79,90)(H,80,91)(H,81,85)(H,82,86)(H,83,87)(H,84,88)(H,92,93). The second-order valence-corrected chi connectivity index (χ2v) is 26.3. The number of carboxylic acids is 1. The van der Waals surface area contributed by atoms with Gasteiger partial charge in [0.2, 0.25) is 41.4 Å². The minimum atomic E-state index is -1.00. The molecule has 0 aromatic rings. The molecule has 0 aliphatic carbocycles. The third-order valence-electron chi connectivity index (χ3n) is 17.6. The van der Waals surface area contributed by atoms with Crippen LogP contribution >= 0.6 is 0 Å². The highest BCUT2D eigenvalue weighted by Gasteiger charge is 2.23. The van der Waals surface area contributed by atoms with E-state index in [9.17, 15) is 43.5 Å². The molecule has 0 radical (unpaired) electrons. The van der Waals surface area contributed by atoms with Crippen molar-refractivity contribution < 1.29 is 43.5 Å². The zero-order valence-electron chi connectivity index (χ0n) is 58.8. The van der Waals surface area contributed by atoms with Crippen molar-refractivity contribution in [3.8, 4) is 0 Å². The molecule has 0 aromatic heterocycles.